The summed E-state index contributed by atoms with van der Waals surface area (Å²) in [4.78, 5) is 1.28. The Morgan fingerprint density at radius 1 is 1.03 bits per heavy atom. The lowest BCUT2D eigenvalue weighted by Gasteiger charge is -2.21. The predicted octanol–water partition coefficient (Wildman–Crippen LogP) is 7.85. The number of benzene rings is 2. The lowest BCUT2D eigenvalue weighted by molar-refractivity contribution is -0.276. The molecule has 1 aromatic heterocycles. The minimum Gasteiger partial charge on any atom is -0.494 e. The summed E-state index contributed by atoms with van der Waals surface area (Å²) in [6.07, 6.45) is -0.940. The molecule has 3 aromatic rings. The monoisotopic (exact) mass is 484 g/mol. The van der Waals surface area contributed by atoms with Crippen molar-refractivity contribution in [3.63, 3.8) is 0 Å². The summed E-state index contributed by atoms with van der Waals surface area (Å²) in [7, 11) is 0. The maximum atomic E-state index is 13.9. The zero-order valence-electron chi connectivity index (χ0n) is 17.7. The molecule has 0 N–H and O–H groups in total. The van der Waals surface area contributed by atoms with Crippen LogP contribution in [0.5, 0.6) is 11.5 Å². The maximum Gasteiger partial charge on any atom is 0.573 e. The molecule has 0 amide bonds. The highest BCUT2D eigenvalue weighted by molar-refractivity contribution is 7.19. The fraction of sp³-hybridized carbons (Fsp3) is 0.333. The van der Waals surface area contributed by atoms with Gasteiger partial charge in [-0.1, -0.05) is 0 Å². The Balaban J connectivity index is 1.37. The lowest BCUT2D eigenvalue weighted by atomic mass is 9.92. The Kier molecular flexibility index (Phi) is 6.78. The van der Waals surface area contributed by atoms with Gasteiger partial charge in [0.05, 0.1) is 12.4 Å². The van der Waals surface area contributed by atoms with E-state index in [1.54, 1.807) is 11.3 Å². The molecular formula is C24H21F5O3S. The van der Waals surface area contributed by atoms with Crippen LogP contribution in [0.4, 0.5) is 22.0 Å². The SMILES string of the molecule is CCOc1ccc2cc(C3CC=C(OCc4cc(F)c(OC(F)(F)F)c(F)c4)CC3)sc2c1. The first kappa shape index (κ1) is 23.4. The summed E-state index contributed by atoms with van der Waals surface area (Å²) in [5.41, 5.74) is 0.0807. The van der Waals surface area contributed by atoms with Crippen molar-refractivity contribution in [3.05, 3.63) is 70.3 Å². The highest BCUT2D eigenvalue weighted by Gasteiger charge is 2.34. The van der Waals surface area contributed by atoms with Gasteiger partial charge in [-0.05, 0) is 79.1 Å². The van der Waals surface area contributed by atoms with Crippen LogP contribution in [0.15, 0.2) is 48.2 Å². The summed E-state index contributed by atoms with van der Waals surface area (Å²) < 4.78 is 80.3. The number of rotatable bonds is 7. The van der Waals surface area contributed by atoms with E-state index >= 15 is 0 Å². The molecule has 0 fully saturated rings. The van der Waals surface area contributed by atoms with E-state index in [4.69, 9.17) is 9.47 Å². The molecule has 0 saturated heterocycles. The fourth-order valence-corrected chi connectivity index (χ4v) is 5.01. The van der Waals surface area contributed by atoms with E-state index in [9.17, 15) is 22.0 Å². The van der Waals surface area contributed by atoms with Crippen molar-refractivity contribution in [2.24, 2.45) is 0 Å². The van der Waals surface area contributed by atoms with Crippen LogP contribution >= 0.6 is 11.3 Å². The maximum absolute atomic E-state index is 13.9. The van der Waals surface area contributed by atoms with Crippen molar-refractivity contribution >= 4 is 21.4 Å². The molecule has 9 heteroatoms. The van der Waals surface area contributed by atoms with Crippen LogP contribution in [0.1, 0.15) is 42.5 Å². The second kappa shape index (κ2) is 9.59. The lowest BCUT2D eigenvalue weighted by Crippen LogP contribution is -2.19. The third-order valence-corrected chi connectivity index (χ3v) is 6.55. The molecule has 1 heterocycles. The molecule has 0 spiro atoms. The first-order valence-electron chi connectivity index (χ1n) is 10.4. The summed E-state index contributed by atoms with van der Waals surface area (Å²) >= 11 is 1.74. The predicted molar refractivity (Wildman–Crippen MR) is 115 cm³/mol. The molecule has 176 valence electrons. The van der Waals surface area contributed by atoms with E-state index in [1.807, 2.05) is 25.1 Å². The van der Waals surface area contributed by atoms with Gasteiger partial charge in [-0.3, -0.25) is 0 Å². The number of hydrogen-bond acceptors (Lipinski definition) is 4. The van der Waals surface area contributed by atoms with Crippen LogP contribution in [0.25, 0.3) is 10.1 Å². The molecule has 2 aromatic carbocycles. The molecule has 1 unspecified atom stereocenters. The number of alkyl halides is 3. The molecule has 1 aliphatic carbocycles. The normalized spacial score (nSPS) is 16.5. The van der Waals surface area contributed by atoms with Gasteiger partial charge in [0.25, 0.3) is 0 Å². The average Bonchev–Trinajstić information content (AvgIpc) is 3.18. The molecule has 0 aliphatic heterocycles. The van der Waals surface area contributed by atoms with Crippen LogP contribution in [0.3, 0.4) is 0 Å². The van der Waals surface area contributed by atoms with Gasteiger partial charge in [0.2, 0.25) is 5.75 Å². The highest BCUT2D eigenvalue weighted by atomic mass is 32.1. The van der Waals surface area contributed by atoms with Crippen molar-refractivity contribution in [2.45, 2.75) is 45.1 Å². The van der Waals surface area contributed by atoms with Gasteiger partial charge in [0.15, 0.2) is 11.6 Å². The van der Waals surface area contributed by atoms with E-state index in [0.29, 0.717) is 24.7 Å². The van der Waals surface area contributed by atoms with Gasteiger partial charge in [0.1, 0.15) is 12.4 Å². The smallest absolute Gasteiger partial charge is 0.494 e. The second-order valence-electron chi connectivity index (χ2n) is 7.65. The minimum atomic E-state index is -5.18. The minimum absolute atomic E-state index is 0.0807. The Hall–Kier alpha value is -2.81. The molecule has 1 atom stereocenters. The highest BCUT2D eigenvalue weighted by Crippen LogP contribution is 2.40. The third kappa shape index (κ3) is 5.76. The molecule has 0 saturated carbocycles. The molecule has 0 radical (unpaired) electrons. The van der Waals surface area contributed by atoms with Crippen molar-refractivity contribution in [3.8, 4) is 11.5 Å². The number of thiophene rings is 1. The number of allylic oxidation sites excluding steroid dienone is 2. The summed E-state index contributed by atoms with van der Waals surface area (Å²) in [6.45, 7) is 2.41. The first-order valence-corrected chi connectivity index (χ1v) is 11.2. The van der Waals surface area contributed by atoms with Gasteiger partial charge >= 0.3 is 6.36 Å². The number of ether oxygens (including phenoxy) is 3. The number of halogens is 5. The van der Waals surface area contributed by atoms with Gasteiger partial charge in [-0.15, -0.1) is 24.5 Å². The first-order chi connectivity index (χ1) is 15.7. The topological polar surface area (TPSA) is 27.7 Å². The van der Waals surface area contributed by atoms with Crippen molar-refractivity contribution in [1.82, 2.24) is 0 Å². The van der Waals surface area contributed by atoms with E-state index in [-0.39, 0.29) is 12.2 Å². The van der Waals surface area contributed by atoms with Gasteiger partial charge in [-0.25, -0.2) is 8.78 Å². The summed E-state index contributed by atoms with van der Waals surface area (Å²) in [5.74, 6) is -2.44. The van der Waals surface area contributed by atoms with Gasteiger partial charge in [0, 0.05) is 16.0 Å². The second-order valence-corrected chi connectivity index (χ2v) is 8.76. The Morgan fingerprint density at radius 3 is 2.42 bits per heavy atom. The largest absolute Gasteiger partial charge is 0.573 e. The third-order valence-electron chi connectivity index (χ3n) is 5.29. The van der Waals surface area contributed by atoms with E-state index in [0.717, 1.165) is 30.7 Å². The van der Waals surface area contributed by atoms with Crippen molar-refractivity contribution in [1.29, 1.82) is 0 Å². The standard InChI is InChI=1S/C24H21F5O3S/c1-2-30-18-8-5-16-11-21(33-22(16)12-18)15-3-6-17(7-4-15)31-13-14-9-19(25)23(20(26)10-14)32-24(27,28)29/h5-6,8-12,15H,2-4,7,13H2,1H3. The Labute approximate surface area is 191 Å². The molecule has 3 nitrogen and oxygen atoms in total. The quantitative estimate of drug-likeness (QED) is 0.320. The molecular weight excluding hydrogens is 463 g/mol. The van der Waals surface area contributed by atoms with Gasteiger partial charge in [-0.2, -0.15) is 0 Å². The zero-order chi connectivity index (χ0) is 23.6. The summed E-state index contributed by atoms with van der Waals surface area (Å²) in [6, 6.07) is 9.81. The number of hydrogen-bond donors (Lipinski definition) is 0. The number of fused-ring (bicyclic) bond motifs is 1. The van der Waals surface area contributed by atoms with Crippen LogP contribution in [-0.4, -0.2) is 13.0 Å². The van der Waals surface area contributed by atoms with Crippen molar-refractivity contribution in [2.75, 3.05) is 6.61 Å². The van der Waals surface area contributed by atoms with Gasteiger partial charge < -0.3 is 14.2 Å². The Bertz CT molecular complexity index is 1150. The van der Waals surface area contributed by atoms with Crippen molar-refractivity contribution < 1.29 is 36.2 Å². The zero-order valence-corrected chi connectivity index (χ0v) is 18.5. The molecule has 1 aliphatic rings. The Morgan fingerprint density at radius 2 is 1.79 bits per heavy atom. The summed E-state index contributed by atoms with van der Waals surface area (Å²) in [5, 5.41) is 1.17. The molecule has 0 bridgehead atoms. The van der Waals surface area contributed by atoms with E-state index < -0.39 is 23.7 Å². The van der Waals surface area contributed by atoms with Crippen LogP contribution < -0.4 is 9.47 Å². The molecule has 33 heavy (non-hydrogen) atoms. The van der Waals surface area contributed by atoms with Crippen LogP contribution in [0, 0.1) is 11.6 Å². The fourth-order valence-electron chi connectivity index (χ4n) is 3.77. The average molecular weight is 484 g/mol. The molecule has 4 rings (SSSR count). The van der Waals surface area contributed by atoms with E-state index in [1.165, 1.54) is 15.0 Å². The van der Waals surface area contributed by atoms with E-state index in [2.05, 4.69) is 16.9 Å². The van der Waals surface area contributed by atoms with Crippen LogP contribution in [-0.2, 0) is 11.3 Å². The van der Waals surface area contributed by atoms with Crippen LogP contribution in [0.2, 0.25) is 0 Å².